The summed E-state index contributed by atoms with van der Waals surface area (Å²) < 4.78 is 0. The third-order valence-electron chi connectivity index (χ3n) is 2.82. The van der Waals surface area contributed by atoms with Crippen LogP contribution in [0.3, 0.4) is 0 Å². The van der Waals surface area contributed by atoms with E-state index >= 15 is 0 Å². The van der Waals surface area contributed by atoms with E-state index in [2.05, 4.69) is 20.5 Å². The van der Waals surface area contributed by atoms with Crippen molar-refractivity contribution in [1.29, 1.82) is 0 Å². The molecule has 0 radical (unpaired) electrons. The minimum Gasteiger partial charge on any atom is -0.316 e. The molecule has 0 aliphatic heterocycles. The summed E-state index contributed by atoms with van der Waals surface area (Å²) in [7, 11) is 0. The van der Waals surface area contributed by atoms with Crippen LogP contribution in [0.15, 0.2) is 11.5 Å². The highest BCUT2D eigenvalue weighted by atomic mass is 32.2. The Kier molecular flexibility index (Phi) is 4.47. The van der Waals surface area contributed by atoms with E-state index in [0.29, 0.717) is 0 Å². The Morgan fingerprint density at radius 2 is 2.33 bits per heavy atom. The second kappa shape index (κ2) is 6.12. The molecular formula is C10H18N4S. The van der Waals surface area contributed by atoms with Crippen molar-refractivity contribution in [3.05, 3.63) is 6.33 Å². The highest BCUT2D eigenvalue weighted by Crippen LogP contribution is 2.23. The topological polar surface area (TPSA) is 53.6 Å². The fraction of sp³-hybridized carbons (Fsp3) is 0.800. The molecule has 15 heavy (non-hydrogen) atoms. The van der Waals surface area contributed by atoms with Crippen molar-refractivity contribution in [2.75, 3.05) is 18.8 Å². The summed E-state index contributed by atoms with van der Waals surface area (Å²) in [5.74, 6) is 1.99. The minimum absolute atomic E-state index is 0.915. The first-order valence-corrected chi connectivity index (χ1v) is 6.62. The molecule has 1 heterocycles. The molecule has 0 amide bonds. The fourth-order valence-corrected chi connectivity index (χ4v) is 2.68. The highest BCUT2D eigenvalue weighted by Gasteiger charge is 2.13. The maximum Gasteiger partial charge on any atom is 0.183 e. The van der Waals surface area contributed by atoms with E-state index in [9.17, 15) is 0 Å². The maximum atomic E-state index is 4.06. The lowest BCUT2D eigenvalue weighted by Crippen LogP contribution is -2.23. The van der Waals surface area contributed by atoms with Crippen molar-refractivity contribution in [3.63, 3.8) is 0 Å². The second-order valence-electron chi connectivity index (χ2n) is 3.99. The number of aromatic nitrogens is 3. The second-order valence-corrected chi connectivity index (χ2v) is 5.08. The number of thioether (sulfide) groups is 1. The molecule has 0 unspecified atom stereocenters. The Morgan fingerprint density at radius 1 is 1.47 bits per heavy atom. The molecule has 5 heteroatoms. The van der Waals surface area contributed by atoms with Gasteiger partial charge >= 0.3 is 0 Å². The Labute approximate surface area is 94.6 Å². The monoisotopic (exact) mass is 226 g/mol. The Bertz CT molecular complexity index is 256. The molecule has 1 aromatic rings. The van der Waals surface area contributed by atoms with Crippen LogP contribution in [0, 0.1) is 5.92 Å². The summed E-state index contributed by atoms with van der Waals surface area (Å²) in [5, 5.41) is 11.1. The molecule has 1 fully saturated rings. The SMILES string of the molecule is c1n[nH]c(SCCNCC2CCCC2)n1. The smallest absolute Gasteiger partial charge is 0.183 e. The number of rotatable bonds is 6. The fourth-order valence-electron chi connectivity index (χ4n) is 2.00. The summed E-state index contributed by atoms with van der Waals surface area (Å²) in [5.41, 5.74) is 0. The number of hydrogen-bond donors (Lipinski definition) is 2. The van der Waals surface area contributed by atoms with E-state index < -0.39 is 0 Å². The molecule has 2 N–H and O–H groups in total. The number of H-pyrrole nitrogens is 1. The maximum absolute atomic E-state index is 4.06. The predicted octanol–water partition coefficient (Wildman–Crippen LogP) is 1.68. The van der Waals surface area contributed by atoms with Crippen LogP contribution in [0.25, 0.3) is 0 Å². The molecule has 0 spiro atoms. The number of nitrogens with one attached hydrogen (secondary N) is 2. The number of hydrogen-bond acceptors (Lipinski definition) is 4. The first kappa shape index (κ1) is 11.0. The molecule has 1 aliphatic rings. The van der Waals surface area contributed by atoms with Crippen LogP contribution in [-0.2, 0) is 0 Å². The van der Waals surface area contributed by atoms with Crippen LogP contribution in [0.4, 0.5) is 0 Å². The van der Waals surface area contributed by atoms with Crippen LogP contribution >= 0.6 is 11.8 Å². The van der Waals surface area contributed by atoms with Gasteiger partial charge in [-0.25, -0.2) is 4.98 Å². The molecule has 1 saturated carbocycles. The standard InChI is InChI=1S/C10H18N4S/c1-2-4-9(3-1)7-11-5-6-15-10-12-8-13-14-10/h8-9,11H,1-7H2,(H,12,13,14). The quantitative estimate of drug-likeness (QED) is 0.572. The summed E-state index contributed by atoms with van der Waals surface area (Å²) in [6.07, 6.45) is 7.25. The lowest BCUT2D eigenvalue weighted by atomic mass is 10.1. The Balaban J connectivity index is 1.48. The van der Waals surface area contributed by atoms with Gasteiger partial charge in [-0.15, -0.1) is 0 Å². The predicted molar refractivity (Wildman–Crippen MR) is 61.9 cm³/mol. The zero-order chi connectivity index (χ0) is 10.3. The molecule has 0 atom stereocenters. The van der Waals surface area contributed by atoms with Crippen molar-refractivity contribution in [2.24, 2.45) is 5.92 Å². The lowest BCUT2D eigenvalue weighted by Gasteiger charge is -2.09. The van der Waals surface area contributed by atoms with Crippen molar-refractivity contribution in [2.45, 2.75) is 30.8 Å². The average molecular weight is 226 g/mol. The van der Waals surface area contributed by atoms with Crippen molar-refractivity contribution < 1.29 is 0 Å². The largest absolute Gasteiger partial charge is 0.316 e. The van der Waals surface area contributed by atoms with Crippen molar-refractivity contribution in [3.8, 4) is 0 Å². The van der Waals surface area contributed by atoms with Gasteiger partial charge in [0.2, 0.25) is 0 Å². The van der Waals surface area contributed by atoms with Gasteiger partial charge in [0.1, 0.15) is 6.33 Å². The van der Waals surface area contributed by atoms with Crippen LogP contribution in [0.2, 0.25) is 0 Å². The van der Waals surface area contributed by atoms with E-state index in [1.807, 2.05) is 0 Å². The van der Waals surface area contributed by atoms with Gasteiger partial charge < -0.3 is 5.32 Å². The van der Waals surface area contributed by atoms with Crippen molar-refractivity contribution in [1.82, 2.24) is 20.5 Å². The van der Waals surface area contributed by atoms with Gasteiger partial charge in [-0.05, 0) is 25.3 Å². The average Bonchev–Trinajstić information content (AvgIpc) is 2.88. The third-order valence-corrected chi connectivity index (χ3v) is 3.70. The van der Waals surface area contributed by atoms with E-state index in [1.54, 1.807) is 18.1 Å². The van der Waals surface area contributed by atoms with Gasteiger partial charge in [-0.3, -0.25) is 5.10 Å². The highest BCUT2D eigenvalue weighted by molar-refractivity contribution is 7.99. The molecule has 0 aromatic carbocycles. The van der Waals surface area contributed by atoms with Gasteiger partial charge in [0.25, 0.3) is 0 Å². The lowest BCUT2D eigenvalue weighted by molar-refractivity contribution is 0.500. The van der Waals surface area contributed by atoms with Gasteiger partial charge in [-0.2, -0.15) is 5.10 Å². The number of aromatic amines is 1. The van der Waals surface area contributed by atoms with Gasteiger partial charge in [-0.1, -0.05) is 24.6 Å². The van der Waals surface area contributed by atoms with Crippen LogP contribution < -0.4 is 5.32 Å². The number of nitrogens with zero attached hydrogens (tertiary/aromatic N) is 2. The normalized spacial score (nSPS) is 17.3. The molecule has 1 aromatic heterocycles. The summed E-state index contributed by atoms with van der Waals surface area (Å²) in [4.78, 5) is 4.06. The molecule has 1 aliphatic carbocycles. The van der Waals surface area contributed by atoms with E-state index in [1.165, 1.54) is 32.2 Å². The van der Waals surface area contributed by atoms with E-state index in [-0.39, 0.29) is 0 Å². The Morgan fingerprint density at radius 3 is 3.07 bits per heavy atom. The van der Waals surface area contributed by atoms with Gasteiger partial charge in [0.05, 0.1) is 0 Å². The zero-order valence-corrected chi connectivity index (χ0v) is 9.72. The van der Waals surface area contributed by atoms with Crippen LogP contribution in [-0.4, -0.2) is 34.0 Å². The van der Waals surface area contributed by atoms with Gasteiger partial charge in [0, 0.05) is 12.3 Å². The molecule has 84 valence electrons. The summed E-state index contributed by atoms with van der Waals surface area (Å²) in [6.45, 7) is 2.25. The summed E-state index contributed by atoms with van der Waals surface area (Å²) in [6, 6.07) is 0. The summed E-state index contributed by atoms with van der Waals surface area (Å²) >= 11 is 1.72. The van der Waals surface area contributed by atoms with E-state index in [4.69, 9.17) is 0 Å². The van der Waals surface area contributed by atoms with Gasteiger partial charge in [0.15, 0.2) is 5.16 Å². The van der Waals surface area contributed by atoms with Crippen LogP contribution in [0.1, 0.15) is 25.7 Å². The molecule has 0 bridgehead atoms. The molecular weight excluding hydrogens is 208 g/mol. The van der Waals surface area contributed by atoms with E-state index in [0.717, 1.165) is 23.4 Å². The van der Waals surface area contributed by atoms with Crippen molar-refractivity contribution >= 4 is 11.8 Å². The Hall–Kier alpha value is -0.550. The first-order chi connectivity index (χ1) is 7.45. The minimum atomic E-state index is 0.915. The third kappa shape index (κ3) is 3.83. The molecule has 0 saturated heterocycles. The van der Waals surface area contributed by atoms with Crippen LogP contribution in [0.5, 0.6) is 0 Å². The zero-order valence-electron chi connectivity index (χ0n) is 8.91. The molecule has 2 rings (SSSR count). The first-order valence-electron chi connectivity index (χ1n) is 5.64. The molecule has 4 nitrogen and oxygen atoms in total.